The lowest BCUT2D eigenvalue weighted by Gasteiger charge is -2.09. The van der Waals surface area contributed by atoms with Gasteiger partial charge in [-0.2, -0.15) is 0 Å². The third-order valence-electron chi connectivity index (χ3n) is 2.79. The van der Waals surface area contributed by atoms with E-state index in [4.69, 9.17) is 0 Å². The van der Waals surface area contributed by atoms with Crippen LogP contribution < -0.4 is 5.32 Å². The molecular formula is C14H12N2O4S. The number of benzene rings is 2. The van der Waals surface area contributed by atoms with Crippen LogP contribution in [0.4, 0.5) is 11.4 Å². The standard InChI is InChI=1S/C14H12N2O4S/c1-21-13-5-3-2-4-10(13)14(18)15-11-8-9(16(19)20)6-7-12(11)17/h2-8,17H,1H3,(H,15,18). The summed E-state index contributed by atoms with van der Waals surface area (Å²) in [5.74, 6) is -0.661. The lowest BCUT2D eigenvalue weighted by Crippen LogP contribution is -2.13. The van der Waals surface area contributed by atoms with Gasteiger partial charge in [0.05, 0.1) is 16.2 Å². The maximum absolute atomic E-state index is 12.2. The normalized spacial score (nSPS) is 10.1. The van der Waals surface area contributed by atoms with E-state index < -0.39 is 10.8 Å². The summed E-state index contributed by atoms with van der Waals surface area (Å²) in [6, 6.07) is 10.4. The SMILES string of the molecule is CSc1ccccc1C(=O)Nc1cc([N+](=O)[O-])ccc1O. The van der Waals surface area contributed by atoms with Crippen molar-refractivity contribution in [3.8, 4) is 5.75 Å². The molecule has 2 N–H and O–H groups in total. The number of hydrogen-bond acceptors (Lipinski definition) is 5. The van der Waals surface area contributed by atoms with Crippen molar-refractivity contribution in [2.45, 2.75) is 4.90 Å². The number of phenols is 1. The van der Waals surface area contributed by atoms with E-state index >= 15 is 0 Å². The molecule has 0 bridgehead atoms. The van der Waals surface area contributed by atoms with Crippen molar-refractivity contribution in [3.05, 3.63) is 58.1 Å². The average Bonchev–Trinajstić information content (AvgIpc) is 2.49. The summed E-state index contributed by atoms with van der Waals surface area (Å²) in [6.07, 6.45) is 1.84. The van der Waals surface area contributed by atoms with E-state index in [1.807, 2.05) is 12.3 Å². The number of phenolic OH excluding ortho intramolecular Hbond substituents is 1. The first kappa shape index (κ1) is 14.9. The van der Waals surface area contributed by atoms with Gasteiger partial charge in [-0.25, -0.2) is 0 Å². The summed E-state index contributed by atoms with van der Waals surface area (Å²) in [5.41, 5.74) is 0.238. The van der Waals surface area contributed by atoms with E-state index in [1.165, 1.54) is 23.9 Å². The second kappa shape index (κ2) is 6.27. The highest BCUT2D eigenvalue weighted by Gasteiger charge is 2.15. The Bertz CT molecular complexity index is 703. The van der Waals surface area contributed by atoms with E-state index in [0.29, 0.717) is 5.56 Å². The fraction of sp³-hybridized carbons (Fsp3) is 0.0714. The van der Waals surface area contributed by atoms with Crippen LogP contribution in [0, 0.1) is 10.1 Å². The van der Waals surface area contributed by atoms with E-state index in [9.17, 15) is 20.0 Å². The second-order valence-corrected chi connectivity index (χ2v) is 4.96. The van der Waals surface area contributed by atoms with Gasteiger partial charge < -0.3 is 10.4 Å². The summed E-state index contributed by atoms with van der Waals surface area (Å²) in [6.45, 7) is 0. The zero-order chi connectivity index (χ0) is 15.4. The molecule has 0 aromatic heterocycles. The first-order valence-corrected chi connectivity index (χ1v) is 7.17. The van der Waals surface area contributed by atoms with Crippen LogP contribution in [0.2, 0.25) is 0 Å². The molecule has 6 nitrogen and oxygen atoms in total. The number of carbonyl (C=O) groups excluding carboxylic acids is 1. The van der Waals surface area contributed by atoms with Crippen LogP contribution in [-0.4, -0.2) is 22.2 Å². The molecule has 0 atom stereocenters. The molecule has 0 fully saturated rings. The quantitative estimate of drug-likeness (QED) is 0.391. The van der Waals surface area contributed by atoms with E-state index in [1.54, 1.807) is 18.2 Å². The van der Waals surface area contributed by atoms with Gasteiger partial charge in [0.2, 0.25) is 0 Å². The number of nitrogens with zero attached hydrogens (tertiary/aromatic N) is 1. The molecule has 2 aromatic rings. The molecule has 7 heteroatoms. The van der Waals surface area contributed by atoms with Crippen LogP contribution in [0.5, 0.6) is 5.75 Å². The van der Waals surface area contributed by atoms with E-state index in [-0.39, 0.29) is 17.1 Å². The zero-order valence-electron chi connectivity index (χ0n) is 11.1. The van der Waals surface area contributed by atoms with Crippen LogP contribution in [0.15, 0.2) is 47.4 Å². The fourth-order valence-electron chi connectivity index (χ4n) is 1.76. The number of rotatable bonds is 4. The average molecular weight is 304 g/mol. The minimum Gasteiger partial charge on any atom is -0.506 e. The van der Waals surface area contributed by atoms with Crippen LogP contribution in [0.25, 0.3) is 0 Å². The second-order valence-electron chi connectivity index (χ2n) is 4.11. The molecule has 0 unspecified atom stereocenters. The molecule has 2 rings (SSSR count). The Morgan fingerprint density at radius 1 is 1.29 bits per heavy atom. The molecule has 0 saturated carbocycles. The smallest absolute Gasteiger partial charge is 0.271 e. The monoisotopic (exact) mass is 304 g/mol. The first-order valence-electron chi connectivity index (χ1n) is 5.94. The molecule has 0 heterocycles. The van der Waals surface area contributed by atoms with Crippen molar-refractivity contribution in [3.63, 3.8) is 0 Å². The number of thioether (sulfide) groups is 1. The van der Waals surface area contributed by atoms with Crippen LogP contribution in [0.3, 0.4) is 0 Å². The molecule has 0 saturated heterocycles. The van der Waals surface area contributed by atoms with Crippen molar-refractivity contribution >= 4 is 29.0 Å². The highest BCUT2D eigenvalue weighted by Crippen LogP contribution is 2.29. The number of nitro groups is 1. The van der Waals surface area contributed by atoms with Crippen molar-refractivity contribution in [2.75, 3.05) is 11.6 Å². The third-order valence-corrected chi connectivity index (χ3v) is 3.59. The lowest BCUT2D eigenvalue weighted by atomic mass is 10.2. The Morgan fingerprint density at radius 3 is 2.67 bits per heavy atom. The molecule has 0 radical (unpaired) electrons. The summed E-state index contributed by atoms with van der Waals surface area (Å²) in [7, 11) is 0. The summed E-state index contributed by atoms with van der Waals surface area (Å²) < 4.78 is 0. The summed E-state index contributed by atoms with van der Waals surface area (Å²) in [5, 5.41) is 22.9. The summed E-state index contributed by atoms with van der Waals surface area (Å²) in [4.78, 5) is 23.1. The van der Waals surface area contributed by atoms with E-state index in [2.05, 4.69) is 5.32 Å². The number of amides is 1. The predicted molar refractivity (Wildman–Crippen MR) is 80.9 cm³/mol. The minimum atomic E-state index is -0.592. The Balaban J connectivity index is 2.31. The maximum Gasteiger partial charge on any atom is 0.271 e. The lowest BCUT2D eigenvalue weighted by molar-refractivity contribution is -0.384. The number of nitrogens with one attached hydrogen (secondary N) is 1. The fourth-order valence-corrected chi connectivity index (χ4v) is 2.35. The number of aromatic hydroxyl groups is 1. The zero-order valence-corrected chi connectivity index (χ0v) is 11.9. The van der Waals surface area contributed by atoms with Gasteiger partial charge in [-0.3, -0.25) is 14.9 Å². The topological polar surface area (TPSA) is 92.5 Å². The molecule has 1 amide bonds. The van der Waals surface area contributed by atoms with Gasteiger partial charge in [0.1, 0.15) is 5.75 Å². The highest BCUT2D eigenvalue weighted by molar-refractivity contribution is 7.98. The largest absolute Gasteiger partial charge is 0.506 e. The maximum atomic E-state index is 12.2. The molecule has 21 heavy (non-hydrogen) atoms. The molecule has 0 aliphatic heterocycles. The molecule has 0 spiro atoms. The van der Waals surface area contributed by atoms with Crippen LogP contribution >= 0.6 is 11.8 Å². The Morgan fingerprint density at radius 2 is 2.00 bits per heavy atom. The predicted octanol–water partition coefficient (Wildman–Crippen LogP) is 3.27. The minimum absolute atomic E-state index is 0.00473. The number of anilines is 1. The Hall–Kier alpha value is -2.54. The van der Waals surface area contributed by atoms with Gasteiger partial charge in [-0.15, -0.1) is 11.8 Å². The van der Waals surface area contributed by atoms with E-state index in [0.717, 1.165) is 11.0 Å². The van der Waals surface area contributed by atoms with Crippen molar-refractivity contribution < 1.29 is 14.8 Å². The molecule has 0 aliphatic carbocycles. The van der Waals surface area contributed by atoms with Gasteiger partial charge in [-0.05, 0) is 24.5 Å². The summed E-state index contributed by atoms with van der Waals surface area (Å²) >= 11 is 1.41. The first-order chi connectivity index (χ1) is 10.0. The molecule has 108 valence electrons. The van der Waals surface area contributed by atoms with Gasteiger partial charge in [0, 0.05) is 17.0 Å². The number of non-ortho nitro benzene ring substituents is 1. The number of nitro benzene ring substituents is 1. The van der Waals surface area contributed by atoms with Gasteiger partial charge in [0.25, 0.3) is 11.6 Å². The van der Waals surface area contributed by atoms with Gasteiger partial charge >= 0.3 is 0 Å². The van der Waals surface area contributed by atoms with Crippen molar-refractivity contribution in [1.82, 2.24) is 0 Å². The van der Waals surface area contributed by atoms with Gasteiger partial charge in [-0.1, -0.05) is 12.1 Å². The van der Waals surface area contributed by atoms with Crippen LogP contribution in [-0.2, 0) is 0 Å². The Labute approximate surface area is 125 Å². The van der Waals surface area contributed by atoms with Crippen LogP contribution in [0.1, 0.15) is 10.4 Å². The number of carbonyl (C=O) groups is 1. The molecule has 2 aromatic carbocycles. The third kappa shape index (κ3) is 3.32. The van der Waals surface area contributed by atoms with Crippen molar-refractivity contribution in [1.29, 1.82) is 0 Å². The molecule has 0 aliphatic rings. The number of hydrogen-bond donors (Lipinski definition) is 2. The Kier molecular flexibility index (Phi) is 4.44. The highest BCUT2D eigenvalue weighted by atomic mass is 32.2. The molecular weight excluding hydrogens is 292 g/mol. The van der Waals surface area contributed by atoms with Crippen molar-refractivity contribution in [2.24, 2.45) is 0 Å². The van der Waals surface area contributed by atoms with Gasteiger partial charge in [0.15, 0.2) is 0 Å².